The van der Waals surface area contributed by atoms with Gasteiger partial charge in [-0.25, -0.2) is 0 Å². The molecule has 1 amide bonds. The summed E-state index contributed by atoms with van der Waals surface area (Å²) in [4.78, 5) is 16.1. The molecule has 19 heavy (non-hydrogen) atoms. The monoisotopic (exact) mass is 277 g/mol. The zero-order valence-corrected chi connectivity index (χ0v) is 12.6. The molecule has 0 saturated carbocycles. The predicted octanol–water partition coefficient (Wildman–Crippen LogP) is 2.62. The number of carbonyl (C=O) groups is 1. The van der Waals surface area contributed by atoms with E-state index < -0.39 is 0 Å². The lowest BCUT2D eigenvalue weighted by Crippen LogP contribution is -2.25. The van der Waals surface area contributed by atoms with Gasteiger partial charge >= 0.3 is 0 Å². The molecular weight excluding hydrogens is 258 g/mol. The summed E-state index contributed by atoms with van der Waals surface area (Å²) in [7, 11) is 3.71. The number of aryl methyl sites for hydroxylation is 3. The second kappa shape index (κ2) is 5.57. The van der Waals surface area contributed by atoms with E-state index in [2.05, 4.69) is 18.9 Å². The molecule has 0 atom stereocenters. The predicted molar refractivity (Wildman–Crippen MR) is 77.4 cm³/mol. The summed E-state index contributed by atoms with van der Waals surface area (Å²) >= 11 is 1.58. The molecule has 0 aliphatic carbocycles. The fourth-order valence-corrected chi connectivity index (χ4v) is 3.17. The van der Waals surface area contributed by atoms with Crippen molar-refractivity contribution in [1.82, 2.24) is 14.7 Å². The summed E-state index contributed by atoms with van der Waals surface area (Å²) in [5.41, 5.74) is 2.31. The van der Waals surface area contributed by atoms with Crippen molar-refractivity contribution in [3.63, 3.8) is 0 Å². The smallest absolute Gasteiger partial charge is 0.263 e. The first-order valence-corrected chi connectivity index (χ1v) is 7.15. The molecule has 0 radical (unpaired) electrons. The maximum Gasteiger partial charge on any atom is 0.263 e. The Bertz CT molecular complexity index is 585. The molecule has 4 nitrogen and oxygen atoms in total. The fraction of sp³-hybridized carbons (Fsp3) is 0.429. The van der Waals surface area contributed by atoms with Crippen molar-refractivity contribution in [1.29, 1.82) is 0 Å². The molecule has 0 bridgehead atoms. The normalized spacial score (nSPS) is 10.7. The molecule has 0 N–H and O–H groups in total. The Kier molecular flexibility index (Phi) is 4.04. The van der Waals surface area contributed by atoms with E-state index in [1.165, 1.54) is 10.4 Å². The first kappa shape index (κ1) is 13.8. The Hall–Kier alpha value is -1.62. The summed E-state index contributed by atoms with van der Waals surface area (Å²) in [6.45, 7) is 4.77. The van der Waals surface area contributed by atoms with Crippen molar-refractivity contribution in [2.75, 3.05) is 7.05 Å². The van der Waals surface area contributed by atoms with Gasteiger partial charge in [-0.3, -0.25) is 9.48 Å². The third kappa shape index (κ3) is 3.04. The third-order valence-corrected chi connectivity index (χ3v) is 4.22. The van der Waals surface area contributed by atoms with Gasteiger partial charge in [0.25, 0.3) is 5.91 Å². The van der Waals surface area contributed by atoms with Crippen LogP contribution in [0.2, 0.25) is 0 Å². The molecule has 2 aromatic rings. The first-order chi connectivity index (χ1) is 9.01. The van der Waals surface area contributed by atoms with Gasteiger partial charge in [0.2, 0.25) is 0 Å². The van der Waals surface area contributed by atoms with Crippen LogP contribution in [0.1, 0.15) is 32.6 Å². The van der Waals surface area contributed by atoms with Crippen LogP contribution >= 0.6 is 11.3 Å². The number of hydrogen-bond acceptors (Lipinski definition) is 3. The number of amides is 1. The Morgan fingerprint density at radius 3 is 2.79 bits per heavy atom. The second-order valence-electron chi connectivity index (χ2n) is 4.73. The van der Waals surface area contributed by atoms with Gasteiger partial charge in [-0.2, -0.15) is 5.10 Å². The average molecular weight is 277 g/mol. The molecule has 0 aliphatic heterocycles. The van der Waals surface area contributed by atoms with Crippen LogP contribution in [-0.4, -0.2) is 27.6 Å². The number of rotatable bonds is 4. The van der Waals surface area contributed by atoms with Gasteiger partial charge in [0.1, 0.15) is 0 Å². The maximum absolute atomic E-state index is 12.3. The van der Waals surface area contributed by atoms with Crippen LogP contribution < -0.4 is 0 Å². The minimum Gasteiger partial charge on any atom is -0.337 e. The zero-order valence-electron chi connectivity index (χ0n) is 11.8. The van der Waals surface area contributed by atoms with E-state index in [1.54, 1.807) is 27.1 Å². The molecule has 0 aromatic carbocycles. The molecule has 2 aromatic heterocycles. The quantitative estimate of drug-likeness (QED) is 0.861. The van der Waals surface area contributed by atoms with E-state index in [9.17, 15) is 4.79 Å². The fourth-order valence-electron chi connectivity index (χ4n) is 2.06. The Balaban J connectivity index is 2.09. The van der Waals surface area contributed by atoms with Crippen LogP contribution in [-0.2, 0) is 20.0 Å². The number of thiophene rings is 1. The van der Waals surface area contributed by atoms with Crippen LogP contribution in [0.15, 0.2) is 18.5 Å². The molecule has 0 aliphatic rings. The molecule has 0 spiro atoms. The minimum atomic E-state index is 0.0802. The lowest BCUT2D eigenvalue weighted by atomic mass is 10.2. The summed E-state index contributed by atoms with van der Waals surface area (Å²) < 4.78 is 1.75. The molecule has 102 valence electrons. The van der Waals surface area contributed by atoms with Crippen molar-refractivity contribution in [2.24, 2.45) is 7.05 Å². The molecular formula is C14H19N3OS. The SMILES string of the molecule is CCc1cc(C(=O)N(C)Cc2cnn(C)c2)sc1C. The highest BCUT2D eigenvalue weighted by Crippen LogP contribution is 2.23. The Morgan fingerprint density at radius 1 is 1.53 bits per heavy atom. The highest BCUT2D eigenvalue weighted by Gasteiger charge is 2.16. The van der Waals surface area contributed by atoms with Gasteiger partial charge in [0.05, 0.1) is 11.1 Å². The van der Waals surface area contributed by atoms with E-state index in [1.807, 2.05) is 26.4 Å². The van der Waals surface area contributed by atoms with Crippen molar-refractivity contribution >= 4 is 17.2 Å². The minimum absolute atomic E-state index is 0.0802. The average Bonchev–Trinajstić information content (AvgIpc) is 2.94. The van der Waals surface area contributed by atoms with Gasteiger partial charge in [0.15, 0.2) is 0 Å². The van der Waals surface area contributed by atoms with Gasteiger partial charge in [-0.15, -0.1) is 11.3 Å². The molecule has 2 heterocycles. The van der Waals surface area contributed by atoms with Crippen LogP contribution in [0.4, 0.5) is 0 Å². The van der Waals surface area contributed by atoms with Crippen molar-refractivity contribution < 1.29 is 4.79 Å². The number of hydrogen-bond donors (Lipinski definition) is 0. The number of nitrogens with zero attached hydrogens (tertiary/aromatic N) is 3. The summed E-state index contributed by atoms with van der Waals surface area (Å²) in [5.74, 6) is 0.0802. The largest absolute Gasteiger partial charge is 0.337 e. The molecule has 0 saturated heterocycles. The van der Waals surface area contributed by atoms with E-state index in [0.717, 1.165) is 16.9 Å². The summed E-state index contributed by atoms with van der Waals surface area (Å²) in [5, 5.41) is 4.11. The lowest BCUT2D eigenvalue weighted by molar-refractivity contribution is 0.0790. The van der Waals surface area contributed by atoms with Crippen LogP contribution in [0.25, 0.3) is 0 Å². The zero-order chi connectivity index (χ0) is 14.0. The number of aromatic nitrogens is 2. The second-order valence-corrected chi connectivity index (χ2v) is 5.99. The van der Waals surface area contributed by atoms with Crippen molar-refractivity contribution in [3.8, 4) is 0 Å². The Morgan fingerprint density at radius 2 is 2.26 bits per heavy atom. The lowest BCUT2D eigenvalue weighted by Gasteiger charge is -2.14. The van der Waals surface area contributed by atoms with E-state index >= 15 is 0 Å². The summed E-state index contributed by atoms with van der Waals surface area (Å²) in [6.07, 6.45) is 4.70. The topological polar surface area (TPSA) is 38.1 Å². The highest BCUT2D eigenvalue weighted by atomic mass is 32.1. The van der Waals surface area contributed by atoms with E-state index in [0.29, 0.717) is 6.54 Å². The van der Waals surface area contributed by atoms with Crippen LogP contribution in [0, 0.1) is 6.92 Å². The van der Waals surface area contributed by atoms with E-state index in [4.69, 9.17) is 0 Å². The van der Waals surface area contributed by atoms with Crippen molar-refractivity contribution in [3.05, 3.63) is 39.3 Å². The summed E-state index contributed by atoms with van der Waals surface area (Å²) in [6, 6.07) is 2.02. The van der Waals surface area contributed by atoms with Gasteiger partial charge in [-0.1, -0.05) is 6.92 Å². The molecule has 2 rings (SSSR count). The third-order valence-electron chi connectivity index (χ3n) is 3.14. The van der Waals surface area contributed by atoms with Crippen LogP contribution in [0.5, 0.6) is 0 Å². The van der Waals surface area contributed by atoms with E-state index in [-0.39, 0.29) is 5.91 Å². The Labute approximate surface area is 117 Å². The highest BCUT2D eigenvalue weighted by molar-refractivity contribution is 7.14. The maximum atomic E-state index is 12.3. The molecule has 0 fully saturated rings. The first-order valence-electron chi connectivity index (χ1n) is 6.33. The van der Waals surface area contributed by atoms with Crippen LogP contribution in [0.3, 0.4) is 0 Å². The van der Waals surface area contributed by atoms with Gasteiger partial charge in [0, 0.05) is 37.3 Å². The van der Waals surface area contributed by atoms with Gasteiger partial charge in [-0.05, 0) is 25.0 Å². The number of carbonyl (C=O) groups excluding carboxylic acids is 1. The van der Waals surface area contributed by atoms with Gasteiger partial charge < -0.3 is 4.90 Å². The molecule has 0 unspecified atom stereocenters. The standard InChI is InChI=1S/C14H19N3OS/c1-5-12-6-13(19-10(12)2)14(18)16(3)8-11-7-15-17(4)9-11/h6-7,9H,5,8H2,1-4H3. The van der Waals surface area contributed by atoms with Crippen molar-refractivity contribution in [2.45, 2.75) is 26.8 Å². The molecule has 5 heteroatoms.